The van der Waals surface area contributed by atoms with Crippen LogP contribution in [-0.2, 0) is 4.74 Å². The third-order valence-electron chi connectivity index (χ3n) is 5.72. The molecular weight excluding hydrogens is 292 g/mol. The summed E-state index contributed by atoms with van der Waals surface area (Å²) >= 11 is 6.09. The van der Waals surface area contributed by atoms with Crippen LogP contribution in [0, 0.1) is 23.7 Å². The van der Waals surface area contributed by atoms with Crippen molar-refractivity contribution >= 4 is 22.8 Å². The highest BCUT2D eigenvalue weighted by atomic mass is 35.5. The van der Waals surface area contributed by atoms with Gasteiger partial charge in [-0.1, -0.05) is 11.6 Å². The van der Waals surface area contributed by atoms with Crippen molar-refractivity contribution in [3.8, 4) is 0 Å². The maximum Gasteiger partial charge on any atom is 0.165 e. The molecule has 0 spiro atoms. The van der Waals surface area contributed by atoms with Crippen molar-refractivity contribution in [1.29, 1.82) is 0 Å². The van der Waals surface area contributed by atoms with Gasteiger partial charge < -0.3 is 14.4 Å². The monoisotopic (exact) mass is 306 g/mol. The number of hydrogen-bond donors (Lipinski definition) is 1. The predicted molar refractivity (Wildman–Crippen MR) is 74.8 cm³/mol. The highest BCUT2D eigenvalue weighted by Crippen LogP contribution is 2.61. The van der Waals surface area contributed by atoms with E-state index in [0.717, 1.165) is 18.7 Å². The molecule has 3 fully saturated rings. The van der Waals surface area contributed by atoms with E-state index >= 15 is 0 Å². The standard InChI is InChI=1S/C14H15ClN4O2/c15-13-10-14(17-4-16-13)19(5-18-10)11-6-1-7-9(8(6)2-20)3-21-12(7)11/h4-9,11-12,20H,1-3H2/t6-,7+,8+,9+,11-,12-/m1/s1. The molecular formula is C14H15ClN4O2. The topological polar surface area (TPSA) is 73.1 Å². The highest BCUT2D eigenvalue weighted by molar-refractivity contribution is 6.33. The van der Waals surface area contributed by atoms with Crippen LogP contribution >= 0.6 is 11.6 Å². The molecule has 1 saturated heterocycles. The number of halogens is 1. The Labute approximate surface area is 126 Å². The number of ether oxygens (including phenoxy) is 1. The number of aliphatic hydroxyl groups is 1. The first-order valence-corrected chi connectivity index (χ1v) is 7.73. The summed E-state index contributed by atoms with van der Waals surface area (Å²) in [5.74, 6) is 1.85. The summed E-state index contributed by atoms with van der Waals surface area (Å²) in [6.45, 7) is 1.01. The van der Waals surface area contributed by atoms with Crippen LogP contribution in [0.2, 0.25) is 5.15 Å². The van der Waals surface area contributed by atoms with E-state index in [0.29, 0.717) is 34.3 Å². The van der Waals surface area contributed by atoms with Crippen LogP contribution in [0.15, 0.2) is 12.7 Å². The minimum absolute atomic E-state index is 0.196. The van der Waals surface area contributed by atoms with Crippen LogP contribution in [0.1, 0.15) is 12.5 Å². The Morgan fingerprint density at radius 3 is 3.05 bits per heavy atom. The van der Waals surface area contributed by atoms with Crippen molar-refractivity contribution in [2.24, 2.45) is 23.7 Å². The van der Waals surface area contributed by atoms with Crippen molar-refractivity contribution < 1.29 is 9.84 Å². The molecule has 6 atom stereocenters. The summed E-state index contributed by atoms with van der Waals surface area (Å²) < 4.78 is 8.13. The number of aromatic nitrogens is 4. The number of hydrogen-bond acceptors (Lipinski definition) is 5. The minimum atomic E-state index is 0.196. The van der Waals surface area contributed by atoms with Gasteiger partial charge in [-0.05, 0) is 30.1 Å². The average Bonchev–Trinajstić information content (AvgIpc) is 3.18. The van der Waals surface area contributed by atoms with E-state index in [1.807, 2.05) is 0 Å². The smallest absolute Gasteiger partial charge is 0.165 e. The summed E-state index contributed by atoms with van der Waals surface area (Å²) in [6, 6.07) is 0.196. The lowest BCUT2D eigenvalue weighted by Gasteiger charge is -2.33. The van der Waals surface area contributed by atoms with Gasteiger partial charge in [-0.2, -0.15) is 0 Å². The Bertz CT molecular complexity index is 720. The van der Waals surface area contributed by atoms with Gasteiger partial charge in [0.2, 0.25) is 0 Å². The van der Waals surface area contributed by atoms with E-state index in [-0.39, 0.29) is 18.8 Å². The molecule has 7 heteroatoms. The van der Waals surface area contributed by atoms with Gasteiger partial charge in [0.1, 0.15) is 11.8 Å². The molecule has 6 nitrogen and oxygen atoms in total. The van der Waals surface area contributed by atoms with Gasteiger partial charge in [-0.25, -0.2) is 15.0 Å². The Balaban J connectivity index is 1.65. The molecule has 2 saturated carbocycles. The molecule has 0 radical (unpaired) electrons. The molecule has 2 bridgehead atoms. The Morgan fingerprint density at radius 1 is 1.29 bits per heavy atom. The first kappa shape index (κ1) is 12.3. The van der Waals surface area contributed by atoms with E-state index in [2.05, 4.69) is 19.5 Å². The summed E-state index contributed by atoms with van der Waals surface area (Å²) in [5.41, 5.74) is 1.40. The maximum atomic E-state index is 9.75. The van der Waals surface area contributed by atoms with Crippen LogP contribution in [0.4, 0.5) is 0 Å². The van der Waals surface area contributed by atoms with Gasteiger partial charge in [0, 0.05) is 6.61 Å². The first-order valence-electron chi connectivity index (χ1n) is 7.35. The molecule has 1 N–H and O–H groups in total. The summed E-state index contributed by atoms with van der Waals surface area (Å²) in [5, 5.41) is 10.1. The molecule has 110 valence electrons. The van der Waals surface area contributed by atoms with Crippen LogP contribution in [-0.4, -0.2) is 43.9 Å². The quantitative estimate of drug-likeness (QED) is 0.847. The van der Waals surface area contributed by atoms with E-state index in [1.54, 1.807) is 6.33 Å². The minimum Gasteiger partial charge on any atom is -0.396 e. The summed E-state index contributed by atoms with van der Waals surface area (Å²) in [4.78, 5) is 12.7. The SMILES string of the molecule is OC[C@@H]1[C@H]2CO[C@@H]3[C@H]2C[C@H]1[C@H]3n1cnc2c(Cl)ncnc21. The Hall–Kier alpha value is -1.24. The van der Waals surface area contributed by atoms with E-state index in [1.165, 1.54) is 6.33 Å². The van der Waals surface area contributed by atoms with Gasteiger partial charge in [-0.15, -0.1) is 0 Å². The number of rotatable bonds is 2. The molecule has 1 aliphatic heterocycles. The number of fused-ring (bicyclic) bond motifs is 2. The molecule has 2 aromatic heterocycles. The fraction of sp³-hybridized carbons (Fsp3) is 0.643. The van der Waals surface area contributed by atoms with Gasteiger partial charge in [0.25, 0.3) is 0 Å². The van der Waals surface area contributed by atoms with Crippen molar-refractivity contribution in [3.05, 3.63) is 17.8 Å². The fourth-order valence-corrected chi connectivity index (χ4v) is 5.11. The third-order valence-corrected chi connectivity index (χ3v) is 6.00. The van der Waals surface area contributed by atoms with E-state index < -0.39 is 0 Å². The van der Waals surface area contributed by atoms with Crippen molar-refractivity contribution in [2.45, 2.75) is 18.6 Å². The molecule has 3 aliphatic rings. The van der Waals surface area contributed by atoms with Crippen LogP contribution < -0.4 is 0 Å². The molecule has 2 aliphatic carbocycles. The maximum absolute atomic E-state index is 9.75. The molecule has 5 rings (SSSR count). The van der Waals surface area contributed by atoms with E-state index in [4.69, 9.17) is 16.3 Å². The number of imidazole rings is 1. The summed E-state index contributed by atoms with van der Waals surface area (Å²) in [6.07, 6.45) is 4.61. The van der Waals surface area contributed by atoms with Gasteiger partial charge in [0.05, 0.1) is 25.1 Å². The molecule has 0 aromatic carbocycles. The molecule has 0 amide bonds. The molecule has 21 heavy (non-hydrogen) atoms. The molecule has 3 heterocycles. The first-order chi connectivity index (χ1) is 10.3. The lowest BCUT2D eigenvalue weighted by atomic mass is 9.78. The van der Waals surface area contributed by atoms with Gasteiger partial charge >= 0.3 is 0 Å². The van der Waals surface area contributed by atoms with Crippen LogP contribution in [0.5, 0.6) is 0 Å². The van der Waals surface area contributed by atoms with Crippen molar-refractivity contribution in [2.75, 3.05) is 13.2 Å². The third kappa shape index (κ3) is 1.43. The molecule has 0 unspecified atom stereocenters. The lowest BCUT2D eigenvalue weighted by Crippen LogP contribution is -2.36. The predicted octanol–water partition coefficient (Wildman–Crippen LogP) is 1.29. The zero-order valence-electron chi connectivity index (χ0n) is 11.3. The number of nitrogens with zero attached hydrogens (tertiary/aromatic N) is 4. The van der Waals surface area contributed by atoms with Crippen LogP contribution in [0.25, 0.3) is 11.2 Å². The Morgan fingerprint density at radius 2 is 2.19 bits per heavy atom. The second-order valence-corrected chi connectivity index (χ2v) is 6.71. The summed E-state index contributed by atoms with van der Waals surface area (Å²) in [7, 11) is 0. The van der Waals surface area contributed by atoms with Gasteiger partial charge in [0.15, 0.2) is 10.8 Å². The highest BCUT2D eigenvalue weighted by Gasteiger charge is 2.62. The van der Waals surface area contributed by atoms with Crippen molar-refractivity contribution in [3.63, 3.8) is 0 Å². The van der Waals surface area contributed by atoms with E-state index in [9.17, 15) is 5.11 Å². The fourth-order valence-electron chi connectivity index (χ4n) is 4.93. The second kappa shape index (κ2) is 4.15. The van der Waals surface area contributed by atoms with Crippen LogP contribution in [0.3, 0.4) is 0 Å². The largest absolute Gasteiger partial charge is 0.396 e. The number of aliphatic hydroxyl groups excluding tert-OH is 1. The normalized spacial score (nSPS) is 40.5. The van der Waals surface area contributed by atoms with Crippen molar-refractivity contribution in [1.82, 2.24) is 19.5 Å². The van der Waals surface area contributed by atoms with Gasteiger partial charge in [-0.3, -0.25) is 0 Å². The second-order valence-electron chi connectivity index (χ2n) is 6.35. The zero-order chi connectivity index (χ0) is 14.1. The lowest BCUT2D eigenvalue weighted by molar-refractivity contribution is 0.0560. The Kier molecular flexibility index (Phi) is 2.43. The molecule has 2 aromatic rings. The average molecular weight is 307 g/mol. The zero-order valence-corrected chi connectivity index (χ0v) is 12.0.